The lowest BCUT2D eigenvalue weighted by molar-refractivity contribution is 0.383. The fourth-order valence-electron chi connectivity index (χ4n) is 3.08. The number of aryl methyl sites for hydroxylation is 2. The number of anilines is 1. The zero-order chi connectivity index (χ0) is 18.9. The molecule has 1 aliphatic heterocycles. The van der Waals surface area contributed by atoms with Crippen LogP contribution in [0.2, 0.25) is 0 Å². The molecule has 26 heavy (non-hydrogen) atoms. The van der Waals surface area contributed by atoms with E-state index in [1.165, 1.54) is 4.31 Å². The van der Waals surface area contributed by atoms with E-state index in [9.17, 15) is 13.7 Å². The molecule has 0 radical (unpaired) electrons. The molecule has 1 fully saturated rings. The smallest absolute Gasteiger partial charge is 0.243 e. The van der Waals surface area contributed by atoms with Crippen molar-refractivity contribution in [2.45, 2.75) is 18.7 Å². The summed E-state index contributed by atoms with van der Waals surface area (Å²) in [5.41, 5.74) is 2.29. The maximum absolute atomic E-state index is 12.8. The number of hydrogen-bond acceptors (Lipinski definition) is 5. The summed E-state index contributed by atoms with van der Waals surface area (Å²) in [5.74, 6) is 0.644. The van der Waals surface area contributed by atoms with Crippen LogP contribution in [0.1, 0.15) is 16.8 Å². The quantitative estimate of drug-likeness (QED) is 0.741. The molecule has 6 nitrogen and oxygen atoms in total. The third-order valence-electron chi connectivity index (χ3n) is 4.43. The highest BCUT2D eigenvalue weighted by Gasteiger charge is 2.30. The summed E-state index contributed by atoms with van der Waals surface area (Å²) in [6, 6.07) is 10.8. The molecule has 0 bridgehead atoms. The Morgan fingerprint density at radius 2 is 1.73 bits per heavy atom. The molecule has 0 saturated carbocycles. The van der Waals surface area contributed by atoms with Gasteiger partial charge in [0.1, 0.15) is 11.9 Å². The number of halogens is 1. The van der Waals surface area contributed by atoms with Gasteiger partial charge in [-0.15, -0.1) is 0 Å². The average Bonchev–Trinajstić information content (AvgIpc) is 2.61. The first-order valence-electron chi connectivity index (χ1n) is 8.22. The van der Waals surface area contributed by atoms with Crippen LogP contribution in [0.25, 0.3) is 0 Å². The van der Waals surface area contributed by atoms with Crippen LogP contribution in [-0.2, 0) is 10.0 Å². The first-order chi connectivity index (χ1) is 12.3. The van der Waals surface area contributed by atoms with Crippen molar-refractivity contribution in [1.82, 2.24) is 9.29 Å². The van der Waals surface area contributed by atoms with Crippen LogP contribution in [0, 0.1) is 25.2 Å². The molecule has 0 N–H and O–H groups in total. The molecule has 1 saturated heterocycles. The summed E-state index contributed by atoms with van der Waals surface area (Å²) in [4.78, 5) is 6.79. The van der Waals surface area contributed by atoms with E-state index in [0.717, 1.165) is 15.7 Å². The summed E-state index contributed by atoms with van der Waals surface area (Å²) in [6.07, 6.45) is 0. The van der Waals surface area contributed by atoms with Gasteiger partial charge in [0.2, 0.25) is 10.0 Å². The number of nitrogens with zero attached hydrogens (tertiary/aromatic N) is 4. The molecule has 0 unspecified atom stereocenters. The van der Waals surface area contributed by atoms with Crippen molar-refractivity contribution in [3.05, 3.63) is 51.6 Å². The Morgan fingerprint density at radius 3 is 2.31 bits per heavy atom. The van der Waals surface area contributed by atoms with Gasteiger partial charge in [0.25, 0.3) is 0 Å². The lowest BCUT2D eigenvalue weighted by Gasteiger charge is -2.35. The number of piperazine rings is 1. The molecule has 1 aromatic carbocycles. The van der Waals surface area contributed by atoms with Gasteiger partial charge in [-0.25, -0.2) is 13.4 Å². The van der Waals surface area contributed by atoms with Crippen LogP contribution in [-0.4, -0.2) is 43.9 Å². The molecule has 136 valence electrons. The van der Waals surface area contributed by atoms with E-state index in [2.05, 4.69) is 27.0 Å². The van der Waals surface area contributed by atoms with E-state index < -0.39 is 10.0 Å². The van der Waals surface area contributed by atoms with E-state index in [1.54, 1.807) is 24.3 Å². The minimum atomic E-state index is -3.52. The van der Waals surface area contributed by atoms with Gasteiger partial charge in [-0.3, -0.25) is 0 Å². The van der Waals surface area contributed by atoms with E-state index in [0.29, 0.717) is 37.6 Å². The van der Waals surface area contributed by atoms with E-state index in [4.69, 9.17) is 0 Å². The highest BCUT2D eigenvalue weighted by molar-refractivity contribution is 9.10. The Balaban J connectivity index is 1.80. The van der Waals surface area contributed by atoms with Gasteiger partial charge in [-0.2, -0.15) is 9.57 Å². The SMILES string of the molecule is Cc1cc(C)c(C#N)c(N2CCN(S(=O)(=O)c3ccc(Br)cc3)CC2)n1. The van der Waals surface area contributed by atoms with Gasteiger partial charge in [0, 0.05) is 36.3 Å². The van der Waals surface area contributed by atoms with Crippen molar-refractivity contribution in [1.29, 1.82) is 5.26 Å². The number of nitriles is 1. The van der Waals surface area contributed by atoms with Gasteiger partial charge in [-0.05, 0) is 49.7 Å². The summed E-state index contributed by atoms with van der Waals surface area (Å²) in [7, 11) is -3.52. The van der Waals surface area contributed by atoms with Crippen LogP contribution >= 0.6 is 15.9 Å². The number of benzene rings is 1. The van der Waals surface area contributed by atoms with Gasteiger partial charge in [0.05, 0.1) is 10.5 Å². The predicted octanol–water partition coefficient (Wildman–Crippen LogP) is 2.84. The second-order valence-corrected chi connectivity index (χ2v) is 9.09. The second-order valence-electron chi connectivity index (χ2n) is 6.24. The fourth-order valence-corrected chi connectivity index (χ4v) is 4.77. The highest BCUT2D eigenvalue weighted by atomic mass is 79.9. The molecule has 1 aliphatic rings. The van der Waals surface area contributed by atoms with Crippen molar-refractivity contribution in [2.24, 2.45) is 0 Å². The lowest BCUT2D eigenvalue weighted by atomic mass is 10.1. The molecule has 8 heteroatoms. The monoisotopic (exact) mass is 434 g/mol. The summed E-state index contributed by atoms with van der Waals surface area (Å²) >= 11 is 3.32. The minimum absolute atomic E-state index is 0.288. The Morgan fingerprint density at radius 1 is 1.12 bits per heavy atom. The van der Waals surface area contributed by atoms with E-state index in [-0.39, 0.29) is 4.90 Å². The summed E-state index contributed by atoms with van der Waals surface area (Å²) in [5, 5.41) is 9.45. The Labute approximate surface area is 162 Å². The first kappa shape index (κ1) is 18.8. The van der Waals surface area contributed by atoms with Gasteiger partial charge in [0.15, 0.2) is 0 Å². The molecular formula is C18H19BrN4O2S. The lowest BCUT2D eigenvalue weighted by Crippen LogP contribution is -2.49. The third-order valence-corrected chi connectivity index (χ3v) is 6.87. The van der Waals surface area contributed by atoms with Crippen LogP contribution < -0.4 is 4.90 Å². The van der Waals surface area contributed by atoms with Gasteiger partial charge in [-0.1, -0.05) is 15.9 Å². The molecule has 0 aliphatic carbocycles. The number of sulfonamides is 1. The van der Waals surface area contributed by atoms with E-state index in [1.807, 2.05) is 24.8 Å². The van der Waals surface area contributed by atoms with E-state index >= 15 is 0 Å². The Hall–Kier alpha value is -1.95. The zero-order valence-corrected chi connectivity index (χ0v) is 17.0. The van der Waals surface area contributed by atoms with Crippen molar-refractivity contribution in [3.63, 3.8) is 0 Å². The standard InChI is InChI=1S/C18H19BrN4O2S/c1-13-11-14(2)21-18(17(13)12-20)22-7-9-23(10-8-22)26(24,25)16-5-3-15(19)4-6-16/h3-6,11H,7-10H2,1-2H3. The van der Waals surface area contributed by atoms with Crippen LogP contribution in [0.5, 0.6) is 0 Å². The molecule has 2 heterocycles. The molecule has 3 rings (SSSR count). The largest absolute Gasteiger partial charge is 0.353 e. The minimum Gasteiger partial charge on any atom is -0.353 e. The first-order valence-corrected chi connectivity index (χ1v) is 10.5. The number of pyridine rings is 1. The molecule has 2 aromatic rings. The Kier molecular flexibility index (Phi) is 5.32. The zero-order valence-electron chi connectivity index (χ0n) is 14.6. The average molecular weight is 435 g/mol. The summed E-state index contributed by atoms with van der Waals surface area (Å²) < 4.78 is 27.9. The van der Waals surface area contributed by atoms with Crippen molar-refractivity contribution in [2.75, 3.05) is 31.1 Å². The second kappa shape index (κ2) is 7.35. The maximum atomic E-state index is 12.8. The summed E-state index contributed by atoms with van der Waals surface area (Å²) in [6.45, 7) is 5.51. The highest BCUT2D eigenvalue weighted by Crippen LogP contribution is 2.25. The van der Waals surface area contributed by atoms with Crippen molar-refractivity contribution < 1.29 is 8.42 Å². The number of aromatic nitrogens is 1. The van der Waals surface area contributed by atoms with Crippen LogP contribution in [0.4, 0.5) is 5.82 Å². The van der Waals surface area contributed by atoms with Crippen molar-refractivity contribution in [3.8, 4) is 6.07 Å². The van der Waals surface area contributed by atoms with Gasteiger partial charge >= 0.3 is 0 Å². The molecular weight excluding hydrogens is 416 g/mol. The Bertz CT molecular complexity index is 960. The predicted molar refractivity (Wildman–Crippen MR) is 104 cm³/mol. The number of rotatable bonds is 3. The van der Waals surface area contributed by atoms with Gasteiger partial charge < -0.3 is 4.90 Å². The molecule has 0 atom stereocenters. The molecule has 0 spiro atoms. The van der Waals surface area contributed by atoms with Crippen LogP contribution in [0.3, 0.4) is 0 Å². The van der Waals surface area contributed by atoms with Crippen molar-refractivity contribution >= 4 is 31.8 Å². The maximum Gasteiger partial charge on any atom is 0.243 e. The van der Waals surface area contributed by atoms with Crippen LogP contribution in [0.15, 0.2) is 39.7 Å². The normalized spacial score (nSPS) is 15.7. The molecule has 0 amide bonds. The molecule has 1 aromatic heterocycles. The topological polar surface area (TPSA) is 77.3 Å². The fraction of sp³-hybridized carbons (Fsp3) is 0.333. The third kappa shape index (κ3) is 3.61. The number of hydrogen-bond donors (Lipinski definition) is 0.